The number of carbonyl (C=O) groups excluding carboxylic acids is 1. The zero-order chi connectivity index (χ0) is 28.0. The van der Waals surface area contributed by atoms with Gasteiger partial charge in [0.1, 0.15) is 17.9 Å². The topological polar surface area (TPSA) is 111 Å². The lowest BCUT2D eigenvalue weighted by molar-refractivity contribution is -0.164. The smallest absolute Gasteiger partial charge is 0.254 e. The zero-order valence-electron chi connectivity index (χ0n) is 23.2. The number of hydrogen-bond acceptors (Lipinski definition) is 7. The van der Waals surface area contributed by atoms with Gasteiger partial charge in [0.05, 0.1) is 16.1 Å². The number of benzene rings is 1. The lowest BCUT2D eigenvalue weighted by Gasteiger charge is -2.63. The maximum absolute atomic E-state index is 13.2. The Kier molecular flexibility index (Phi) is 7.66. The third-order valence-corrected chi connectivity index (χ3v) is 9.18. The molecule has 4 rings (SSSR count). The van der Waals surface area contributed by atoms with Crippen molar-refractivity contribution in [2.45, 2.75) is 60.6 Å². The Balaban J connectivity index is 1.44. The van der Waals surface area contributed by atoms with E-state index in [-0.39, 0.29) is 41.4 Å². The van der Waals surface area contributed by atoms with E-state index in [0.717, 1.165) is 18.7 Å². The summed E-state index contributed by atoms with van der Waals surface area (Å²) in [4.78, 5) is 24.3. The number of anilines is 1. The van der Waals surface area contributed by atoms with Crippen LogP contribution in [-0.2, 0) is 0 Å². The predicted molar refractivity (Wildman–Crippen MR) is 147 cm³/mol. The molecule has 0 bridgehead atoms. The molecule has 3 atom stereocenters. The standard InChI is InChI=1S/C29H38ClN5O3/c1-16-13-35(14-17(2)21(16)15-36)27-32-11-20(12-33-27)24(37)34-25-28(4,5)26(29(25,6)7)38-22-9-8-19(10-31)23(30)18(22)3/h8-9,11-12,16-17,21,25-26,36H,13-15H2,1-7H3,(H,34,37)/t16-,17+,21?,25?,26?. The number of ether oxygens (including phenoxy) is 1. The molecule has 1 aromatic heterocycles. The minimum absolute atomic E-state index is 0.152. The average Bonchev–Trinajstić information content (AvgIpc) is 2.87. The summed E-state index contributed by atoms with van der Waals surface area (Å²) in [6, 6.07) is 5.39. The van der Waals surface area contributed by atoms with Crippen molar-refractivity contribution < 1.29 is 14.6 Å². The molecule has 0 radical (unpaired) electrons. The molecule has 8 nitrogen and oxygen atoms in total. The first-order valence-corrected chi connectivity index (χ1v) is 13.5. The quantitative estimate of drug-likeness (QED) is 0.550. The van der Waals surface area contributed by atoms with Gasteiger partial charge >= 0.3 is 0 Å². The Morgan fingerprint density at radius 3 is 2.29 bits per heavy atom. The molecule has 2 N–H and O–H groups in total. The highest BCUT2D eigenvalue weighted by molar-refractivity contribution is 6.32. The maximum atomic E-state index is 13.2. The van der Waals surface area contributed by atoms with Crippen LogP contribution < -0.4 is 15.0 Å². The van der Waals surface area contributed by atoms with Gasteiger partial charge in [-0.1, -0.05) is 53.1 Å². The van der Waals surface area contributed by atoms with E-state index < -0.39 is 0 Å². The van der Waals surface area contributed by atoms with Gasteiger partial charge < -0.3 is 20.1 Å². The third-order valence-electron chi connectivity index (χ3n) is 8.69. The molecule has 204 valence electrons. The van der Waals surface area contributed by atoms with Crippen molar-refractivity contribution in [2.24, 2.45) is 28.6 Å². The number of aliphatic hydroxyl groups excluding tert-OH is 1. The third kappa shape index (κ3) is 4.83. The van der Waals surface area contributed by atoms with Crippen LogP contribution in [0.25, 0.3) is 0 Å². The Bertz CT molecular complexity index is 1210. The number of hydrogen-bond donors (Lipinski definition) is 2. The van der Waals surface area contributed by atoms with Crippen LogP contribution in [-0.4, -0.2) is 52.8 Å². The van der Waals surface area contributed by atoms with Crippen molar-refractivity contribution in [1.29, 1.82) is 5.26 Å². The highest BCUT2D eigenvalue weighted by atomic mass is 35.5. The summed E-state index contributed by atoms with van der Waals surface area (Å²) in [5.74, 6) is 1.96. The number of nitriles is 1. The molecule has 9 heteroatoms. The largest absolute Gasteiger partial charge is 0.489 e. The van der Waals surface area contributed by atoms with Gasteiger partial charge in [-0.25, -0.2) is 9.97 Å². The number of aliphatic hydroxyl groups is 1. The zero-order valence-corrected chi connectivity index (χ0v) is 24.0. The van der Waals surface area contributed by atoms with Crippen LogP contribution in [0.5, 0.6) is 5.75 Å². The van der Waals surface area contributed by atoms with Crippen molar-refractivity contribution in [3.05, 3.63) is 46.2 Å². The number of amides is 1. The lowest BCUT2D eigenvalue weighted by Crippen LogP contribution is -2.74. The van der Waals surface area contributed by atoms with E-state index in [4.69, 9.17) is 16.3 Å². The van der Waals surface area contributed by atoms with Gasteiger partial charge in [0.15, 0.2) is 0 Å². The highest BCUT2D eigenvalue weighted by Crippen LogP contribution is 2.56. The molecule has 1 aliphatic carbocycles. The fraction of sp³-hybridized carbons (Fsp3) is 0.586. The molecule has 1 unspecified atom stereocenters. The molecule has 38 heavy (non-hydrogen) atoms. The molecular weight excluding hydrogens is 502 g/mol. The van der Waals surface area contributed by atoms with E-state index in [0.29, 0.717) is 39.7 Å². The van der Waals surface area contributed by atoms with Crippen LogP contribution in [0.2, 0.25) is 5.02 Å². The van der Waals surface area contributed by atoms with E-state index in [1.165, 1.54) is 0 Å². The van der Waals surface area contributed by atoms with Gasteiger partial charge in [-0.2, -0.15) is 5.26 Å². The van der Waals surface area contributed by atoms with E-state index >= 15 is 0 Å². The van der Waals surface area contributed by atoms with Crippen LogP contribution in [0.1, 0.15) is 63.0 Å². The SMILES string of the molecule is Cc1c(OC2C(C)(C)C(NC(=O)c3cnc(N4C[C@@H](C)C(CO)[C@@H](C)C4)nc3)C2(C)C)ccc(C#N)c1Cl. The first-order chi connectivity index (χ1) is 17.8. The Labute approximate surface area is 230 Å². The highest BCUT2D eigenvalue weighted by Gasteiger charge is 2.64. The van der Waals surface area contributed by atoms with E-state index in [1.807, 2.05) is 6.92 Å². The van der Waals surface area contributed by atoms with Crippen molar-refractivity contribution >= 4 is 23.5 Å². The first kappa shape index (κ1) is 28.1. The van der Waals surface area contributed by atoms with Crippen molar-refractivity contribution in [2.75, 3.05) is 24.6 Å². The summed E-state index contributed by atoms with van der Waals surface area (Å²) in [6.07, 6.45) is 2.98. The summed E-state index contributed by atoms with van der Waals surface area (Å²) in [7, 11) is 0. The minimum atomic E-state index is -0.365. The summed E-state index contributed by atoms with van der Waals surface area (Å²) < 4.78 is 6.43. The van der Waals surface area contributed by atoms with Gasteiger partial charge in [0, 0.05) is 54.5 Å². The second-order valence-corrected chi connectivity index (χ2v) is 12.6. The molecule has 2 heterocycles. The minimum Gasteiger partial charge on any atom is -0.489 e. The predicted octanol–water partition coefficient (Wildman–Crippen LogP) is 4.62. The van der Waals surface area contributed by atoms with Crippen LogP contribution in [0.3, 0.4) is 0 Å². The van der Waals surface area contributed by atoms with Crippen LogP contribution in [0, 0.1) is 46.8 Å². The number of nitrogens with zero attached hydrogens (tertiary/aromatic N) is 4. The molecule has 2 aliphatic rings. The number of rotatable bonds is 6. The summed E-state index contributed by atoms with van der Waals surface area (Å²) in [6.45, 7) is 16.2. The average molecular weight is 540 g/mol. The fourth-order valence-electron chi connectivity index (χ4n) is 6.75. The Morgan fingerprint density at radius 2 is 1.76 bits per heavy atom. The van der Waals surface area contributed by atoms with Gasteiger partial charge in [0.2, 0.25) is 5.95 Å². The molecule has 1 saturated heterocycles. The van der Waals surface area contributed by atoms with Gasteiger partial charge in [-0.3, -0.25) is 4.79 Å². The van der Waals surface area contributed by atoms with Gasteiger partial charge in [-0.15, -0.1) is 0 Å². The summed E-state index contributed by atoms with van der Waals surface area (Å²) >= 11 is 6.35. The summed E-state index contributed by atoms with van der Waals surface area (Å²) in [5.41, 5.74) is 0.824. The molecule has 1 aliphatic heterocycles. The van der Waals surface area contributed by atoms with Crippen LogP contribution in [0.15, 0.2) is 24.5 Å². The van der Waals surface area contributed by atoms with E-state index in [2.05, 4.69) is 67.8 Å². The molecule has 2 fully saturated rings. The number of nitrogens with one attached hydrogen (secondary N) is 1. The van der Waals surface area contributed by atoms with E-state index in [9.17, 15) is 15.2 Å². The monoisotopic (exact) mass is 539 g/mol. The normalized spacial score (nSPS) is 27.7. The van der Waals surface area contributed by atoms with Gasteiger partial charge in [0.25, 0.3) is 5.91 Å². The maximum Gasteiger partial charge on any atom is 0.254 e. The number of piperidine rings is 1. The number of halogens is 1. The van der Waals surface area contributed by atoms with Gasteiger partial charge in [-0.05, 0) is 36.8 Å². The molecular formula is C29H38ClN5O3. The molecule has 2 aromatic rings. The van der Waals surface area contributed by atoms with Crippen molar-refractivity contribution in [1.82, 2.24) is 15.3 Å². The number of aromatic nitrogens is 2. The van der Waals surface area contributed by atoms with E-state index in [1.54, 1.807) is 24.5 Å². The first-order valence-electron chi connectivity index (χ1n) is 13.2. The molecule has 1 amide bonds. The van der Waals surface area contributed by atoms with Crippen LogP contribution >= 0.6 is 11.6 Å². The Morgan fingerprint density at radius 1 is 1.18 bits per heavy atom. The lowest BCUT2D eigenvalue weighted by atomic mass is 9.49. The summed E-state index contributed by atoms with van der Waals surface area (Å²) in [5, 5.41) is 22.5. The molecule has 1 saturated carbocycles. The molecule has 0 spiro atoms. The van der Waals surface area contributed by atoms with Crippen molar-refractivity contribution in [3.63, 3.8) is 0 Å². The molecule has 1 aromatic carbocycles. The second-order valence-electron chi connectivity index (χ2n) is 12.2. The number of carbonyl (C=O) groups is 1. The Hall–Kier alpha value is -2.89. The second kappa shape index (κ2) is 10.3. The van der Waals surface area contributed by atoms with Crippen LogP contribution in [0.4, 0.5) is 5.95 Å². The van der Waals surface area contributed by atoms with Crippen molar-refractivity contribution in [3.8, 4) is 11.8 Å². The fourth-order valence-corrected chi connectivity index (χ4v) is 6.95.